The Morgan fingerprint density at radius 3 is 2.85 bits per heavy atom. The quantitative estimate of drug-likeness (QED) is 0.721. The smallest absolute Gasteiger partial charge is 0.238 e. The van der Waals surface area contributed by atoms with Gasteiger partial charge >= 0.3 is 0 Å². The number of carbonyl (C=O) groups excluding carboxylic acids is 1. The Bertz CT molecular complexity index is 489. The van der Waals surface area contributed by atoms with E-state index in [0.717, 1.165) is 19.4 Å². The molecule has 0 bridgehead atoms. The summed E-state index contributed by atoms with van der Waals surface area (Å²) in [6.07, 6.45) is 1.51. The summed E-state index contributed by atoms with van der Waals surface area (Å²) >= 11 is 5.83. The van der Waals surface area contributed by atoms with E-state index in [1.54, 1.807) is 18.2 Å². The van der Waals surface area contributed by atoms with Crippen molar-refractivity contribution in [1.29, 1.82) is 0 Å². The van der Waals surface area contributed by atoms with Crippen molar-refractivity contribution < 1.29 is 9.90 Å². The fourth-order valence-corrected chi connectivity index (χ4v) is 2.54. The molecule has 5 nitrogen and oxygen atoms in total. The fraction of sp³-hybridized carbons (Fsp3) is 0.500. The van der Waals surface area contributed by atoms with E-state index < -0.39 is 0 Å². The molecule has 1 fully saturated rings. The molecule has 0 spiro atoms. The largest absolute Gasteiger partial charge is 0.397 e. The van der Waals surface area contributed by atoms with E-state index in [4.69, 9.17) is 17.3 Å². The lowest BCUT2D eigenvalue weighted by Gasteiger charge is -2.34. The van der Waals surface area contributed by atoms with E-state index in [2.05, 4.69) is 5.32 Å². The highest BCUT2D eigenvalue weighted by Crippen LogP contribution is 2.27. The Labute approximate surface area is 123 Å². The average Bonchev–Trinajstić information content (AvgIpc) is 2.31. The summed E-state index contributed by atoms with van der Waals surface area (Å²) in [5.41, 5.74) is 6.77. The molecule has 2 rings (SSSR count). The number of hydrogen-bond acceptors (Lipinski definition) is 4. The second kappa shape index (κ2) is 6.43. The van der Waals surface area contributed by atoms with Crippen molar-refractivity contribution >= 4 is 28.9 Å². The summed E-state index contributed by atoms with van der Waals surface area (Å²) in [4.78, 5) is 13.9. The molecule has 0 saturated heterocycles. The van der Waals surface area contributed by atoms with Gasteiger partial charge < -0.3 is 16.2 Å². The number of hydrogen-bond donors (Lipinski definition) is 3. The van der Waals surface area contributed by atoms with Crippen molar-refractivity contribution in [2.24, 2.45) is 5.92 Å². The lowest BCUT2D eigenvalue weighted by atomic mass is 9.82. The lowest BCUT2D eigenvalue weighted by molar-refractivity contribution is -0.117. The van der Waals surface area contributed by atoms with Gasteiger partial charge in [0, 0.05) is 12.2 Å². The first kappa shape index (κ1) is 15.1. The normalized spacial score (nSPS) is 21.6. The van der Waals surface area contributed by atoms with Crippen LogP contribution in [0.1, 0.15) is 12.8 Å². The molecule has 0 aliphatic heterocycles. The number of aliphatic hydroxyl groups is 1. The molecule has 1 saturated carbocycles. The second-order valence-electron chi connectivity index (χ2n) is 5.47. The molecule has 0 aromatic heterocycles. The molecule has 1 aromatic carbocycles. The predicted molar refractivity (Wildman–Crippen MR) is 80.7 cm³/mol. The molecular weight excluding hydrogens is 278 g/mol. The predicted octanol–water partition coefficient (Wildman–Crippen LogP) is 1.56. The fourth-order valence-electron chi connectivity index (χ4n) is 2.42. The number of rotatable bonds is 5. The number of carbonyl (C=O) groups is 1. The van der Waals surface area contributed by atoms with Gasteiger partial charge in [-0.15, -0.1) is 0 Å². The van der Waals surface area contributed by atoms with Crippen LogP contribution in [0.4, 0.5) is 11.4 Å². The Kier molecular flexibility index (Phi) is 4.86. The summed E-state index contributed by atoms with van der Waals surface area (Å²) in [5, 5.41) is 12.5. The van der Waals surface area contributed by atoms with Gasteiger partial charge in [-0.05, 0) is 44.0 Å². The number of halogens is 1. The maximum absolute atomic E-state index is 11.9. The maximum Gasteiger partial charge on any atom is 0.238 e. The summed E-state index contributed by atoms with van der Waals surface area (Å²) in [6.45, 7) is 1.14. The number of anilines is 2. The van der Waals surface area contributed by atoms with Crippen LogP contribution in [0.15, 0.2) is 18.2 Å². The summed E-state index contributed by atoms with van der Waals surface area (Å²) < 4.78 is 0. The zero-order valence-electron chi connectivity index (χ0n) is 11.5. The Hall–Kier alpha value is -1.30. The van der Waals surface area contributed by atoms with Crippen LogP contribution in [0.2, 0.25) is 5.02 Å². The summed E-state index contributed by atoms with van der Waals surface area (Å²) in [7, 11) is 1.90. The molecule has 1 amide bonds. The number of nitrogen functional groups attached to an aromatic ring is 1. The van der Waals surface area contributed by atoms with Gasteiger partial charge in [0.1, 0.15) is 0 Å². The number of nitrogens with two attached hydrogens (primary N) is 1. The topological polar surface area (TPSA) is 78.6 Å². The molecule has 1 aliphatic rings. The van der Waals surface area contributed by atoms with Crippen LogP contribution < -0.4 is 11.1 Å². The van der Waals surface area contributed by atoms with Crippen molar-refractivity contribution in [3.05, 3.63) is 23.2 Å². The number of aliphatic hydroxyl groups excluding tert-OH is 1. The van der Waals surface area contributed by atoms with Crippen molar-refractivity contribution in [2.75, 3.05) is 31.2 Å². The first-order chi connectivity index (χ1) is 9.44. The molecule has 0 atom stereocenters. The third-order valence-corrected chi connectivity index (χ3v) is 3.82. The summed E-state index contributed by atoms with van der Waals surface area (Å²) in [5.74, 6) is 0.406. The third kappa shape index (κ3) is 4.10. The van der Waals surface area contributed by atoms with Gasteiger partial charge in [-0.2, -0.15) is 0 Å². The van der Waals surface area contributed by atoms with Gasteiger partial charge in [-0.25, -0.2) is 0 Å². The Balaban J connectivity index is 1.78. The number of likely N-dealkylation sites (N-methyl/N-ethyl adjacent to an activating group) is 1. The monoisotopic (exact) mass is 297 g/mol. The van der Waals surface area contributed by atoms with Crippen LogP contribution >= 0.6 is 11.6 Å². The number of nitrogens with zero attached hydrogens (tertiary/aromatic N) is 1. The van der Waals surface area contributed by atoms with Crippen LogP contribution in [0.3, 0.4) is 0 Å². The standard InChI is InChI=1S/C14H20ClN3O2/c1-18(7-9-4-11(19)5-9)8-14(20)17-10-2-3-12(15)13(16)6-10/h2-3,6,9,11,19H,4-5,7-8,16H2,1H3,(H,17,20). The minimum Gasteiger partial charge on any atom is -0.397 e. The van der Waals surface area contributed by atoms with Gasteiger partial charge in [0.25, 0.3) is 0 Å². The van der Waals surface area contributed by atoms with Crippen molar-refractivity contribution in [3.8, 4) is 0 Å². The van der Waals surface area contributed by atoms with E-state index in [-0.39, 0.29) is 12.0 Å². The first-order valence-electron chi connectivity index (χ1n) is 6.65. The zero-order chi connectivity index (χ0) is 14.7. The Morgan fingerprint density at radius 1 is 1.55 bits per heavy atom. The molecule has 0 heterocycles. The van der Waals surface area contributed by atoms with E-state index in [1.165, 1.54) is 0 Å². The van der Waals surface area contributed by atoms with Gasteiger partial charge in [-0.1, -0.05) is 11.6 Å². The zero-order valence-corrected chi connectivity index (χ0v) is 12.2. The number of amides is 1. The highest BCUT2D eigenvalue weighted by molar-refractivity contribution is 6.33. The third-order valence-electron chi connectivity index (χ3n) is 3.47. The Morgan fingerprint density at radius 2 is 2.25 bits per heavy atom. The first-order valence-corrected chi connectivity index (χ1v) is 7.03. The average molecular weight is 298 g/mol. The highest BCUT2D eigenvalue weighted by Gasteiger charge is 2.28. The van der Waals surface area contributed by atoms with Crippen molar-refractivity contribution in [2.45, 2.75) is 18.9 Å². The molecule has 6 heteroatoms. The summed E-state index contributed by atoms with van der Waals surface area (Å²) in [6, 6.07) is 5.02. The molecule has 0 unspecified atom stereocenters. The minimum atomic E-state index is -0.153. The van der Waals surface area contributed by atoms with Crippen LogP contribution in [-0.2, 0) is 4.79 Å². The van der Waals surface area contributed by atoms with Gasteiger partial charge in [-0.3, -0.25) is 9.69 Å². The van der Waals surface area contributed by atoms with E-state index in [9.17, 15) is 9.90 Å². The van der Waals surface area contributed by atoms with Crippen LogP contribution in [0.5, 0.6) is 0 Å². The lowest BCUT2D eigenvalue weighted by Crippen LogP contribution is -2.39. The molecule has 4 N–H and O–H groups in total. The van der Waals surface area contributed by atoms with Crippen molar-refractivity contribution in [3.63, 3.8) is 0 Å². The van der Waals surface area contributed by atoms with Crippen LogP contribution in [0, 0.1) is 5.92 Å². The SMILES string of the molecule is CN(CC(=O)Nc1ccc(Cl)c(N)c1)CC1CC(O)C1. The van der Waals surface area contributed by atoms with Crippen molar-refractivity contribution in [1.82, 2.24) is 4.90 Å². The van der Waals surface area contributed by atoms with E-state index >= 15 is 0 Å². The van der Waals surface area contributed by atoms with E-state index in [1.807, 2.05) is 11.9 Å². The number of nitrogens with one attached hydrogen (secondary N) is 1. The van der Waals surface area contributed by atoms with Crippen LogP contribution in [-0.4, -0.2) is 42.2 Å². The van der Waals surface area contributed by atoms with Gasteiger partial charge in [0.15, 0.2) is 0 Å². The maximum atomic E-state index is 11.9. The van der Waals surface area contributed by atoms with Gasteiger partial charge in [0.2, 0.25) is 5.91 Å². The molecule has 0 radical (unpaired) electrons. The second-order valence-corrected chi connectivity index (χ2v) is 5.88. The molecule has 20 heavy (non-hydrogen) atoms. The van der Waals surface area contributed by atoms with Crippen LogP contribution in [0.25, 0.3) is 0 Å². The highest BCUT2D eigenvalue weighted by atomic mass is 35.5. The molecule has 1 aliphatic carbocycles. The van der Waals surface area contributed by atoms with E-state index in [0.29, 0.717) is 28.9 Å². The number of benzene rings is 1. The molecular formula is C14H20ClN3O2. The minimum absolute atomic E-state index is 0.0888. The molecule has 1 aromatic rings. The van der Waals surface area contributed by atoms with Gasteiger partial charge in [0.05, 0.1) is 23.4 Å². The molecule has 110 valence electrons.